The van der Waals surface area contributed by atoms with Gasteiger partial charge in [0.15, 0.2) is 23.0 Å². The van der Waals surface area contributed by atoms with E-state index in [1.807, 2.05) is 36.4 Å². The van der Waals surface area contributed by atoms with Crippen molar-refractivity contribution in [3.05, 3.63) is 53.9 Å². The summed E-state index contributed by atoms with van der Waals surface area (Å²) < 4.78 is 21.3. The highest BCUT2D eigenvalue weighted by molar-refractivity contribution is 5.88. The molecule has 1 N–H and O–H groups in total. The van der Waals surface area contributed by atoms with Crippen LogP contribution in [0.25, 0.3) is 10.8 Å². The summed E-state index contributed by atoms with van der Waals surface area (Å²) in [7, 11) is 6.36. The van der Waals surface area contributed by atoms with Crippen LogP contribution >= 0.6 is 0 Å². The molecular formula is C21H23NO5. The van der Waals surface area contributed by atoms with E-state index in [1.54, 1.807) is 34.6 Å². The molecule has 2 aromatic carbocycles. The van der Waals surface area contributed by atoms with Crippen LogP contribution in [0.5, 0.6) is 23.0 Å². The van der Waals surface area contributed by atoms with Gasteiger partial charge in [-0.3, -0.25) is 4.98 Å². The second kappa shape index (κ2) is 8.14. The molecule has 0 fully saturated rings. The van der Waals surface area contributed by atoms with E-state index < -0.39 is 6.10 Å². The Morgan fingerprint density at radius 2 is 1.44 bits per heavy atom. The van der Waals surface area contributed by atoms with E-state index in [9.17, 15) is 5.11 Å². The minimum absolute atomic E-state index is 0.390. The Bertz CT molecular complexity index is 941. The van der Waals surface area contributed by atoms with Crippen LogP contribution in [0, 0.1) is 0 Å². The first-order valence-electron chi connectivity index (χ1n) is 8.50. The summed E-state index contributed by atoms with van der Waals surface area (Å²) in [5, 5.41) is 12.6. The van der Waals surface area contributed by atoms with E-state index in [4.69, 9.17) is 18.9 Å². The number of rotatable bonds is 7. The predicted octanol–water partition coefficient (Wildman–Crippen LogP) is 3.55. The van der Waals surface area contributed by atoms with Gasteiger partial charge in [-0.05, 0) is 41.3 Å². The van der Waals surface area contributed by atoms with Crippen LogP contribution in [-0.2, 0) is 6.42 Å². The molecule has 0 aliphatic heterocycles. The van der Waals surface area contributed by atoms with Crippen LogP contribution in [0.15, 0.2) is 42.6 Å². The Hall–Kier alpha value is -2.99. The van der Waals surface area contributed by atoms with Crippen LogP contribution < -0.4 is 18.9 Å². The summed E-state index contributed by atoms with van der Waals surface area (Å²) in [4.78, 5) is 4.41. The van der Waals surface area contributed by atoms with Gasteiger partial charge in [0.1, 0.15) is 6.10 Å². The van der Waals surface area contributed by atoms with Gasteiger partial charge in [0.25, 0.3) is 0 Å². The first-order valence-corrected chi connectivity index (χ1v) is 8.50. The van der Waals surface area contributed by atoms with Gasteiger partial charge in [-0.2, -0.15) is 0 Å². The van der Waals surface area contributed by atoms with Crippen LogP contribution in [0.3, 0.4) is 0 Å². The molecule has 1 atom stereocenters. The monoisotopic (exact) mass is 369 g/mol. The number of aliphatic hydroxyl groups is 1. The summed E-state index contributed by atoms with van der Waals surface area (Å²) in [6.07, 6.45) is 1.28. The summed E-state index contributed by atoms with van der Waals surface area (Å²) in [5.74, 6) is 2.50. The Labute approximate surface area is 158 Å². The molecule has 6 nitrogen and oxygen atoms in total. The number of hydrogen-bond acceptors (Lipinski definition) is 6. The molecule has 1 heterocycles. The van der Waals surface area contributed by atoms with Crippen LogP contribution in [-0.4, -0.2) is 38.5 Å². The second-order valence-corrected chi connectivity index (χ2v) is 6.03. The summed E-state index contributed by atoms with van der Waals surface area (Å²) in [5.41, 5.74) is 1.50. The average molecular weight is 369 g/mol. The van der Waals surface area contributed by atoms with Crippen molar-refractivity contribution >= 4 is 10.8 Å². The van der Waals surface area contributed by atoms with Crippen molar-refractivity contribution in [2.24, 2.45) is 0 Å². The fraction of sp³-hybridized carbons (Fsp3) is 0.286. The zero-order chi connectivity index (χ0) is 19.4. The maximum absolute atomic E-state index is 10.8. The van der Waals surface area contributed by atoms with Gasteiger partial charge in [-0.25, -0.2) is 0 Å². The molecule has 0 aliphatic rings. The Morgan fingerprint density at radius 3 is 2.11 bits per heavy atom. The van der Waals surface area contributed by atoms with Crippen molar-refractivity contribution in [2.45, 2.75) is 12.5 Å². The number of aliphatic hydroxyl groups excluding tert-OH is 1. The number of benzene rings is 2. The van der Waals surface area contributed by atoms with E-state index in [2.05, 4.69) is 4.98 Å². The molecule has 0 spiro atoms. The number of nitrogens with zero attached hydrogens (tertiary/aromatic N) is 1. The van der Waals surface area contributed by atoms with Crippen LogP contribution in [0.4, 0.5) is 0 Å². The van der Waals surface area contributed by atoms with Gasteiger partial charge in [0.05, 0.1) is 34.1 Å². The summed E-state index contributed by atoms with van der Waals surface area (Å²) in [6, 6.07) is 11.2. The Kier molecular flexibility index (Phi) is 5.66. The molecule has 0 bridgehead atoms. The lowest BCUT2D eigenvalue weighted by molar-refractivity contribution is 0.175. The molecule has 27 heavy (non-hydrogen) atoms. The Balaban J connectivity index is 1.97. The molecule has 1 unspecified atom stereocenters. The molecule has 0 amide bonds. The van der Waals surface area contributed by atoms with Crippen molar-refractivity contribution in [3.63, 3.8) is 0 Å². The Morgan fingerprint density at radius 1 is 0.815 bits per heavy atom. The smallest absolute Gasteiger partial charge is 0.161 e. The van der Waals surface area contributed by atoms with Crippen molar-refractivity contribution < 1.29 is 24.1 Å². The minimum atomic E-state index is -0.787. The number of methoxy groups -OCH3 is 4. The molecule has 3 rings (SSSR count). The van der Waals surface area contributed by atoms with Crippen molar-refractivity contribution in [3.8, 4) is 23.0 Å². The lowest BCUT2D eigenvalue weighted by atomic mass is 10.00. The number of ether oxygens (including phenoxy) is 4. The van der Waals surface area contributed by atoms with Gasteiger partial charge < -0.3 is 24.1 Å². The molecule has 142 valence electrons. The standard InChI is InChI=1S/C21H23NO5/c1-24-17-6-5-13(10-18(17)25-2)9-16(23)21-15-12-20(27-4)19(26-3)11-14(15)7-8-22-21/h5-8,10-12,16,23H,9H2,1-4H3. The molecule has 0 saturated carbocycles. The molecule has 6 heteroatoms. The van der Waals surface area contributed by atoms with Crippen molar-refractivity contribution in [1.82, 2.24) is 4.98 Å². The fourth-order valence-corrected chi connectivity index (χ4v) is 3.11. The quantitative estimate of drug-likeness (QED) is 0.687. The largest absolute Gasteiger partial charge is 0.493 e. The summed E-state index contributed by atoms with van der Waals surface area (Å²) in [6.45, 7) is 0. The lowest BCUT2D eigenvalue weighted by Crippen LogP contribution is -2.06. The van der Waals surface area contributed by atoms with Crippen molar-refractivity contribution in [1.29, 1.82) is 0 Å². The average Bonchev–Trinajstić information content (AvgIpc) is 2.71. The SMILES string of the molecule is COc1ccc(CC(O)c2nccc3cc(OC)c(OC)cc23)cc1OC. The third-order valence-corrected chi connectivity index (χ3v) is 4.49. The predicted molar refractivity (Wildman–Crippen MR) is 103 cm³/mol. The zero-order valence-electron chi connectivity index (χ0n) is 15.9. The highest BCUT2D eigenvalue weighted by Gasteiger charge is 2.17. The minimum Gasteiger partial charge on any atom is -0.493 e. The van der Waals surface area contributed by atoms with Gasteiger partial charge in [-0.1, -0.05) is 6.07 Å². The van der Waals surface area contributed by atoms with Crippen molar-refractivity contribution in [2.75, 3.05) is 28.4 Å². The second-order valence-electron chi connectivity index (χ2n) is 6.03. The first kappa shape index (κ1) is 18.8. The maximum Gasteiger partial charge on any atom is 0.161 e. The molecule has 0 saturated heterocycles. The highest BCUT2D eigenvalue weighted by atomic mass is 16.5. The number of aromatic nitrogens is 1. The molecule has 0 radical (unpaired) electrons. The van der Waals surface area contributed by atoms with E-state index in [1.165, 1.54) is 0 Å². The number of fused-ring (bicyclic) bond motifs is 1. The summed E-state index contributed by atoms with van der Waals surface area (Å²) >= 11 is 0. The van der Waals surface area contributed by atoms with Gasteiger partial charge in [0, 0.05) is 18.0 Å². The molecule has 3 aromatic rings. The van der Waals surface area contributed by atoms with Crippen LogP contribution in [0.2, 0.25) is 0 Å². The van der Waals surface area contributed by atoms with Gasteiger partial charge in [0.2, 0.25) is 0 Å². The fourth-order valence-electron chi connectivity index (χ4n) is 3.11. The zero-order valence-corrected chi connectivity index (χ0v) is 15.9. The third-order valence-electron chi connectivity index (χ3n) is 4.49. The van der Waals surface area contributed by atoms with E-state index >= 15 is 0 Å². The molecule has 0 aliphatic carbocycles. The van der Waals surface area contributed by atoms with E-state index in [-0.39, 0.29) is 0 Å². The highest BCUT2D eigenvalue weighted by Crippen LogP contribution is 2.35. The van der Waals surface area contributed by atoms with Crippen LogP contribution in [0.1, 0.15) is 17.4 Å². The maximum atomic E-state index is 10.8. The van der Waals surface area contributed by atoms with E-state index in [0.717, 1.165) is 16.3 Å². The van der Waals surface area contributed by atoms with E-state index in [0.29, 0.717) is 35.1 Å². The van der Waals surface area contributed by atoms with Gasteiger partial charge >= 0.3 is 0 Å². The first-order chi connectivity index (χ1) is 13.1. The lowest BCUT2D eigenvalue weighted by Gasteiger charge is -2.16. The van der Waals surface area contributed by atoms with Gasteiger partial charge in [-0.15, -0.1) is 0 Å². The molecule has 1 aromatic heterocycles. The third kappa shape index (κ3) is 3.75. The normalized spacial score (nSPS) is 11.9. The topological polar surface area (TPSA) is 70.0 Å². The molecular weight excluding hydrogens is 346 g/mol. The number of pyridine rings is 1. The number of hydrogen-bond donors (Lipinski definition) is 1.